The van der Waals surface area contributed by atoms with E-state index in [9.17, 15) is 40.7 Å². The summed E-state index contributed by atoms with van der Waals surface area (Å²) in [5.74, 6) is -0.242. The van der Waals surface area contributed by atoms with Gasteiger partial charge < -0.3 is 30.2 Å². The van der Waals surface area contributed by atoms with Crippen molar-refractivity contribution in [3.8, 4) is 23.0 Å². The molecule has 0 atom stereocenters. The number of nitro groups is 2. The number of nitrogens with zero attached hydrogens (tertiary/aromatic N) is 6. The van der Waals surface area contributed by atoms with Crippen molar-refractivity contribution in [1.29, 1.82) is 0 Å². The maximum Gasteiger partial charge on any atom is 0.271 e. The summed E-state index contributed by atoms with van der Waals surface area (Å²) in [7, 11) is 0. The van der Waals surface area contributed by atoms with Gasteiger partial charge in [-0.3, -0.25) is 30.2 Å². The fourth-order valence-electron chi connectivity index (χ4n) is 4.59. The number of rotatable bonds is 12. The van der Waals surface area contributed by atoms with E-state index in [2.05, 4.69) is 19.8 Å². The van der Waals surface area contributed by atoms with Crippen molar-refractivity contribution in [2.75, 3.05) is 36.0 Å². The second-order valence-corrected chi connectivity index (χ2v) is 10.2. The van der Waals surface area contributed by atoms with Gasteiger partial charge in [0.1, 0.15) is 34.4 Å². The Bertz CT molecular complexity index is 1680. The van der Waals surface area contributed by atoms with Crippen molar-refractivity contribution in [3.63, 3.8) is 0 Å². The molecule has 0 fully saturated rings. The van der Waals surface area contributed by atoms with E-state index < -0.39 is 9.85 Å². The molecule has 262 valence electrons. The maximum absolute atomic E-state index is 10.8. The Kier molecular flexibility index (Phi) is 15.0. The molecule has 0 aliphatic heterocycles. The Morgan fingerprint density at radius 1 is 0.571 bits per heavy atom. The summed E-state index contributed by atoms with van der Waals surface area (Å²) in [6.45, 7) is 11.4. The van der Waals surface area contributed by atoms with Crippen molar-refractivity contribution in [1.82, 2.24) is 0 Å². The number of aromatic hydroxyl groups is 4. The van der Waals surface area contributed by atoms with E-state index in [1.807, 2.05) is 39.8 Å². The summed E-state index contributed by atoms with van der Waals surface area (Å²) < 4.78 is 0. The fourth-order valence-corrected chi connectivity index (χ4v) is 4.59. The summed E-state index contributed by atoms with van der Waals surface area (Å²) in [6, 6.07) is 17.6. The number of non-ortho nitro benzene ring substituents is 2. The number of hydrogen-bond acceptors (Lipinski definition) is 12. The summed E-state index contributed by atoms with van der Waals surface area (Å²) in [6.07, 6.45) is 2.72. The Morgan fingerprint density at radius 2 is 0.918 bits per heavy atom. The van der Waals surface area contributed by atoms with E-state index in [0.717, 1.165) is 37.6 Å². The first-order chi connectivity index (χ1) is 22.9. The van der Waals surface area contributed by atoms with Gasteiger partial charge in [0.2, 0.25) is 0 Å². The molecule has 14 nitrogen and oxygen atoms in total. The van der Waals surface area contributed by atoms with Gasteiger partial charge in [-0.15, -0.1) is 0 Å². The van der Waals surface area contributed by atoms with Gasteiger partial charge in [0.15, 0.2) is 0 Å². The molecular weight excluding hydrogens is 679 g/mol. The van der Waals surface area contributed by atoms with Gasteiger partial charge in [-0.25, -0.2) is 0 Å². The average Bonchev–Trinajstić information content (AvgIpc) is 3.06. The minimum Gasteiger partial charge on any atom is -0.507 e. The van der Waals surface area contributed by atoms with Crippen molar-refractivity contribution < 1.29 is 46.8 Å². The number of phenolic OH excluding ortho intramolecular Hbond substituents is 4. The molecule has 0 heterocycles. The minimum absolute atomic E-state index is 0. The molecule has 0 saturated carbocycles. The molecule has 0 spiro atoms. The van der Waals surface area contributed by atoms with Crippen LogP contribution in [0.1, 0.15) is 38.8 Å². The first-order valence-corrected chi connectivity index (χ1v) is 15.1. The molecule has 4 aromatic carbocycles. The van der Waals surface area contributed by atoms with Crippen LogP contribution in [-0.2, 0) is 16.5 Å². The van der Waals surface area contributed by atoms with E-state index in [4.69, 9.17) is 0 Å². The van der Waals surface area contributed by atoms with Crippen LogP contribution in [0.3, 0.4) is 0 Å². The molecule has 4 aromatic rings. The maximum atomic E-state index is 10.8. The summed E-state index contributed by atoms with van der Waals surface area (Å²) in [5, 5.41) is 61.3. The third kappa shape index (κ3) is 10.7. The third-order valence-corrected chi connectivity index (χ3v) is 7.31. The molecule has 0 aliphatic carbocycles. The van der Waals surface area contributed by atoms with Crippen LogP contribution in [0.5, 0.6) is 23.0 Å². The molecular formula is C34H38N6NiO8. The summed E-state index contributed by atoms with van der Waals surface area (Å²) in [4.78, 5) is 32.7. The normalized spacial score (nSPS) is 10.7. The number of aliphatic imine (C=N–C) groups is 2. The number of nitro benzene ring substituents is 2. The summed E-state index contributed by atoms with van der Waals surface area (Å²) >= 11 is 0. The predicted octanol–water partition coefficient (Wildman–Crippen LogP) is 7.20. The topological polar surface area (TPSA) is 198 Å². The first-order valence-electron chi connectivity index (χ1n) is 15.1. The third-order valence-electron chi connectivity index (χ3n) is 7.31. The standard InChI is InChI=1S/2C17H19N3O4.Ni/c2*1-3-19(4-2)13-6-5-12(17(22)10-13)11-18-15-9-14(20(23)24)7-8-16(15)21;/h2*5-11,21-22H,3-4H2,1-2H3;. The molecule has 0 unspecified atom stereocenters. The number of hydrogen-bond donors (Lipinski definition) is 4. The van der Waals surface area contributed by atoms with Crippen LogP contribution in [0.4, 0.5) is 34.1 Å². The Morgan fingerprint density at radius 3 is 1.20 bits per heavy atom. The van der Waals surface area contributed by atoms with E-state index >= 15 is 0 Å². The van der Waals surface area contributed by atoms with Crippen molar-refractivity contribution in [2.45, 2.75) is 27.7 Å². The average molecular weight is 717 g/mol. The van der Waals surface area contributed by atoms with E-state index in [1.165, 1.54) is 48.8 Å². The quantitative estimate of drug-likeness (QED) is 0.0503. The zero-order chi connectivity index (χ0) is 35.4. The number of phenols is 4. The van der Waals surface area contributed by atoms with Crippen molar-refractivity contribution in [2.24, 2.45) is 9.98 Å². The van der Waals surface area contributed by atoms with Gasteiger partial charge in [0.25, 0.3) is 11.4 Å². The van der Waals surface area contributed by atoms with Gasteiger partial charge in [0, 0.05) is 114 Å². The molecule has 0 bridgehead atoms. The molecule has 49 heavy (non-hydrogen) atoms. The van der Waals surface area contributed by atoms with Crippen LogP contribution in [0.2, 0.25) is 0 Å². The second-order valence-electron chi connectivity index (χ2n) is 10.2. The molecule has 0 aliphatic rings. The first kappa shape index (κ1) is 39.5. The predicted molar refractivity (Wildman–Crippen MR) is 187 cm³/mol. The molecule has 15 heteroatoms. The van der Waals surface area contributed by atoms with E-state index in [-0.39, 0.29) is 62.2 Å². The Labute approximate surface area is 293 Å². The van der Waals surface area contributed by atoms with Crippen LogP contribution in [-0.4, -0.2) is 68.9 Å². The zero-order valence-electron chi connectivity index (χ0n) is 27.3. The molecule has 4 N–H and O–H groups in total. The van der Waals surface area contributed by atoms with Gasteiger partial charge >= 0.3 is 0 Å². The van der Waals surface area contributed by atoms with E-state index in [0.29, 0.717) is 11.1 Å². The molecule has 0 radical (unpaired) electrons. The SMILES string of the molecule is CCN(CC)c1ccc(C=Nc2cc([N+](=O)[O-])ccc2O)c(O)c1.CCN(CC)c1ccc(C=Nc2cc([N+](=O)[O-])ccc2O)c(O)c1.[Ni]. The van der Waals surface area contributed by atoms with Gasteiger partial charge in [-0.1, -0.05) is 0 Å². The van der Waals surface area contributed by atoms with Gasteiger partial charge in [-0.2, -0.15) is 0 Å². The van der Waals surface area contributed by atoms with Crippen LogP contribution >= 0.6 is 0 Å². The monoisotopic (exact) mass is 716 g/mol. The second kappa shape index (κ2) is 18.6. The van der Waals surface area contributed by atoms with Crippen molar-refractivity contribution >= 4 is 46.6 Å². The molecule has 0 amide bonds. The number of benzene rings is 4. The van der Waals surface area contributed by atoms with Crippen LogP contribution in [0.15, 0.2) is 82.8 Å². The molecule has 0 aromatic heterocycles. The fraction of sp³-hybridized carbons (Fsp3) is 0.235. The van der Waals surface area contributed by atoms with Crippen LogP contribution in [0.25, 0.3) is 0 Å². The largest absolute Gasteiger partial charge is 0.507 e. The van der Waals surface area contributed by atoms with Gasteiger partial charge in [0.05, 0.1) is 9.85 Å². The van der Waals surface area contributed by atoms with Gasteiger partial charge in [-0.05, 0) is 64.1 Å². The smallest absolute Gasteiger partial charge is 0.271 e. The Balaban J connectivity index is 0.000000333. The summed E-state index contributed by atoms with van der Waals surface area (Å²) in [5.41, 5.74) is 2.50. The van der Waals surface area contributed by atoms with Crippen LogP contribution in [0, 0.1) is 20.2 Å². The number of anilines is 2. The van der Waals surface area contributed by atoms with Crippen LogP contribution < -0.4 is 9.80 Å². The van der Waals surface area contributed by atoms with Crippen molar-refractivity contribution in [3.05, 3.63) is 104 Å². The molecule has 0 saturated heterocycles. The Hall–Kier alpha value is -5.69. The zero-order valence-corrected chi connectivity index (χ0v) is 28.3. The van der Waals surface area contributed by atoms with E-state index in [1.54, 1.807) is 24.3 Å². The minimum atomic E-state index is -0.561. The molecule has 4 rings (SSSR count).